The molecule has 4 aromatic rings. The summed E-state index contributed by atoms with van der Waals surface area (Å²) in [6, 6.07) is 14.8. The third kappa shape index (κ3) is 3.31. The Morgan fingerprint density at radius 2 is 1.72 bits per heavy atom. The number of nitrogens with one attached hydrogen (secondary N) is 1. The first-order valence-electron chi connectivity index (χ1n) is 7.34. The molecule has 2 heterocycles. The molecule has 0 aliphatic rings. The number of hydrogen-bond acceptors (Lipinski definition) is 4. The van der Waals surface area contributed by atoms with E-state index in [0.717, 1.165) is 15.8 Å². The molecule has 0 aliphatic carbocycles. The molecule has 0 atom stereocenters. The summed E-state index contributed by atoms with van der Waals surface area (Å²) in [5, 5.41) is 7.85. The van der Waals surface area contributed by atoms with E-state index in [2.05, 4.69) is 15.3 Å². The quantitative estimate of drug-likeness (QED) is 0.395. The van der Waals surface area contributed by atoms with Crippen LogP contribution < -0.4 is 5.32 Å². The summed E-state index contributed by atoms with van der Waals surface area (Å²) in [5.74, 6) is 1.22. The highest BCUT2D eigenvalue weighted by atomic mass is 35.5. The molecule has 0 aliphatic heterocycles. The molecule has 2 aromatic heterocycles. The second-order valence-electron chi connectivity index (χ2n) is 5.26. The average Bonchev–Trinajstić information content (AvgIpc) is 3.04. The number of nitrogens with zero attached hydrogens (tertiary/aromatic N) is 2. The van der Waals surface area contributed by atoms with Gasteiger partial charge < -0.3 is 5.32 Å². The van der Waals surface area contributed by atoms with Gasteiger partial charge in [-0.3, -0.25) is 0 Å². The SMILES string of the molecule is Clc1ccc(Cl)c(Nc2nc(-c3sccc3Cl)nc3ccccc23)c1. The Morgan fingerprint density at radius 1 is 0.880 bits per heavy atom. The lowest BCUT2D eigenvalue weighted by Gasteiger charge is -2.12. The zero-order valence-corrected chi connectivity index (χ0v) is 15.7. The van der Waals surface area contributed by atoms with Gasteiger partial charge in [0, 0.05) is 10.4 Å². The highest BCUT2D eigenvalue weighted by molar-refractivity contribution is 7.14. The highest BCUT2D eigenvalue weighted by Crippen LogP contribution is 2.35. The second-order valence-corrected chi connectivity index (χ2v) is 7.43. The van der Waals surface area contributed by atoms with Gasteiger partial charge in [-0.15, -0.1) is 11.3 Å². The Labute approximate surface area is 163 Å². The summed E-state index contributed by atoms with van der Waals surface area (Å²) < 4.78 is 0. The molecule has 7 heteroatoms. The smallest absolute Gasteiger partial charge is 0.173 e. The fourth-order valence-corrected chi connectivity index (χ4v) is 3.86. The maximum absolute atomic E-state index is 6.28. The molecule has 25 heavy (non-hydrogen) atoms. The van der Waals surface area contributed by atoms with Crippen molar-refractivity contribution in [1.29, 1.82) is 0 Å². The number of thiophene rings is 1. The predicted molar refractivity (Wildman–Crippen MR) is 108 cm³/mol. The first-order chi connectivity index (χ1) is 12.1. The lowest BCUT2D eigenvalue weighted by Crippen LogP contribution is -1.99. The first kappa shape index (κ1) is 16.6. The minimum atomic E-state index is 0.558. The Kier molecular flexibility index (Phi) is 4.52. The Morgan fingerprint density at radius 3 is 2.52 bits per heavy atom. The molecule has 0 radical (unpaired) electrons. The second kappa shape index (κ2) is 6.81. The van der Waals surface area contributed by atoms with Gasteiger partial charge in [-0.1, -0.05) is 46.9 Å². The van der Waals surface area contributed by atoms with E-state index in [1.165, 1.54) is 11.3 Å². The number of halogens is 3. The van der Waals surface area contributed by atoms with Gasteiger partial charge >= 0.3 is 0 Å². The number of hydrogen-bond donors (Lipinski definition) is 1. The van der Waals surface area contributed by atoms with E-state index in [4.69, 9.17) is 34.8 Å². The number of benzene rings is 2. The number of anilines is 2. The average molecular weight is 407 g/mol. The largest absolute Gasteiger partial charge is 0.338 e. The van der Waals surface area contributed by atoms with E-state index in [1.54, 1.807) is 18.2 Å². The number of aromatic nitrogens is 2. The van der Waals surface area contributed by atoms with Crippen LogP contribution in [0.25, 0.3) is 21.6 Å². The molecule has 4 rings (SSSR count). The number of rotatable bonds is 3. The van der Waals surface area contributed by atoms with Gasteiger partial charge in [-0.2, -0.15) is 0 Å². The zero-order chi connectivity index (χ0) is 17.4. The van der Waals surface area contributed by atoms with Crippen LogP contribution in [0.2, 0.25) is 15.1 Å². The molecule has 2 aromatic carbocycles. The fraction of sp³-hybridized carbons (Fsp3) is 0. The standard InChI is InChI=1S/C18H10Cl3N3S/c19-10-5-6-12(20)15(9-10)23-17-11-3-1-2-4-14(11)22-18(24-17)16-13(21)7-8-25-16/h1-9H,(H,22,23,24). The van der Waals surface area contributed by atoms with Crippen molar-refractivity contribution >= 4 is 68.5 Å². The van der Waals surface area contributed by atoms with E-state index in [-0.39, 0.29) is 0 Å². The van der Waals surface area contributed by atoms with Crippen LogP contribution in [0.5, 0.6) is 0 Å². The van der Waals surface area contributed by atoms with Crippen molar-refractivity contribution in [3.8, 4) is 10.7 Å². The third-order valence-electron chi connectivity index (χ3n) is 3.60. The van der Waals surface area contributed by atoms with Gasteiger partial charge in [0.1, 0.15) is 5.82 Å². The van der Waals surface area contributed by atoms with Crippen LogP contribution >= 0.6 is 46.1 Å². The zero-order valence-electron chi connectivity index (χ0n) is 12.6. The summed E-state index contributed by atoms with van der Waals surface area (Å²) in [6.45, 7) is 0. The van der Waals surface area contributed by atoms with E-state index in [0.29, 0.717) is 32.4 Å². The van der Waals surface area contributed by atoms with Crippen LogP contribution in [0.4, 0.5) is 11.5 Å². The van der Waals surface area contributed by atoms with Gasteiger partial charge in [0.15, 0.2) is 5.82 Å². The molecule has 0 spiro atoms. The first-order valence-corrected chi connectivity index (χ1v) is 9.35. The Balaban J connectivity index is 1.90. The van der Waals surface area contributed by atoms with E-state index in [1.807, 2.05) is 35.7 Å². The third-order valence-corrected chi connectivity index (χ3v) is 5.51. The molecular formula is C18H10Cl3N3S. The van der Waals surface area contributed by atoms with Crippen molar-refractivity contribution < 1.29 is 0 Å². The maximum atomic E-state index is 6.28. The van der Waals surface area contributed by atoms with Crippen molar-refractivity contribution in [2.24, 2.45) is 0 Å². The molecule has 0 saturated carbocycles. The number of fused-ring (bicyclic) bond motifs is 1. The molecule has 0 bridgehead atoms. The van der Waals surface area contributed by atoms with Gasteiger partial charge in [0.25, 0.3) is 0 Å². The lowest BCUT2D eigenvalue weighted by molar-refractivity contribution is 1.23. The van der Waals surface area contributed by atoms with Crippen LogP contribution in [0, 0.1) is 0 Å². The number of para-hydroxylation sites is 1. The van der Waals surface area contributed by atoms with Crippen LogP contribution in [-0.4, -0.2) is 9.97 Å². The van der Waals surface area contributed by atoms with Gasteiger partial charge in [-0.25, -0.2) is 9.97 Å². The molecule has 1 N–H and O–H groups in total. The van der Waals surface area contributed by atoms with E-state index >= 15 is 0 Å². The Hall–Kier alpha value is -1.85. The summed E-state index contributed by atoms with van der Waals surface area (Å²) in [4.78, 5) is 10.1. The molecule has 0 fully saturated rings. The summed E-state index contributed by atoms with van der Waals surface area (Å²) in [7, 11) is 0. The predicted octanol–water partition coefficient (Wildman–Crippen LogP) is 7.06. The molecule has 0 amide bonds. The van der Waals surface area contributed by atoms with Crippen molar-refractivity contribution in [2.45, 2.75) is 0 Å². The molecule has 0 unspecified atom stereocenters. The summed E-state index contributed by atoms with van der Waals surface area (Å²) in [6.07, 6.45) is 0. The van der Waals surface area contributed by atoms with Crippen LogP contribution in [-0.2, 0) is 0 Å². The van der Waals surface area contributed by atoms with Gasteiger partial charge in [0.2, 0.25) is 0 Å². The minimum Gasteiger partial charge on any atom is -0.338 e. The van der Waals surface area contributed by atoms with Crippen molar-refractivity contribution in [3.63, 3.8) is 0 Å². The van der Waals surface area contributed by atoms with E-state index in [9.17, 15) is 0 Å². The summed E-state index contributed by atoms with van der Waals surface area (Å²) in [5.41, 5.74) is 1.50. The monoisotopic (exact) mass is 405 g/mol. The van der Waals surface area contributed by atoms with Crippen LogP contribution in [0.3, 0.4) is 0 Å². The molecule has 124 valence electrons. The van der Waals surface area contributed by atoms with Crippen molar-refractivity contribution in [1.82, 2.24) is 9.97 Å². The molecule has 0 saturated heterocycles. The maximum Gasteiger partial charge on any atom is 0.173 e. The fourth-order valence-electron chi connectivity index (χ4n) is 2.45. The summed E-state index contributed by atoms with van der Waals surface area (Å²) >= 11 is 20.1. The normalized spacial score (nSPS) is 11.0. The van der Waals surface area contributed by atoms with Gasteiger partial charge in [-0.05, 0) is 41.8 Å². The molecule has 3 nitrogen and oxygen atoms in total. The van der Waals surface area contributed by atoms with Crippen LogP contribution in [0.15, 0.2) is 53.9 Å². The van der Waals surface area contributed by atoms with Crippen molar-refractivity contribution in [2.75, 3.05) is 5.32 Å². The minimum absolute atomic E-state index is 0.558. The van der Waals surface area contributed by atoms with Gasteiger partial charge in [0.05, 0.1) is 26.1 Å². The topological polar surface area (TPSA) is 37.8 Å². The van der Waals surface area contributed by atoms with Crippen molar-refractivity contribution in [3.05, 3.63) is 69.0 Å². The van der Waals surface area contributed by atoms with Crippen LogP contribution in [0.1, 0.15) is 0 Å². The van der Waals surface area contributed by atoms with E-state index < -0.39 is 0 Å². The lowest BCUT2D eigenvalue weighted by atomic mass is 10.2. The highest BCUT2D eigenvalue weighted by Gasteiger charge is 2.14. The Bertz CT molecular complexity index is 1080. The molecular weight excluding hydrogens is 397 g/mol.